The van der Waals surface area contributed by atoms with Crippen LogP contribution in [0.15, 0.2) is 54.6 Å². The Kier molecular flexibility index (Phi) is 12.1. The number of aryl methyl sites for hydroxylation is 1. The van der Waals surface area contributed by atoms with Crippen molar-refractivity contribution in [3.8, 4) is 40.0 Å². The summed E-state index contributed by atoms with van der Waals surface area (Å²) in [4.78, 5) is 34.1. The van der Waals surface area contributed by atoms with Crippen molar-refractivity contribution in [2.24, 2.45) is 5.92 Å². The highest BCUT2D eigenvalue weighted by Crippen LogP contribution is 2.46. The molecule has 13 heteroatoms. The van der Waals surface area contributed by atoms with E-state index in [2.05, 4.69) is 10.3 Å². The molecule has 1 N–H and O–H groups in total. The first-order valence-electron chi connectivity index (χ1n) is 18.1. The fourth-order valence-corrected chi connectivity index (χ4v) is 7.62. The molecular formula is C41H44ClF3N4O5. The summed E-state index contributed by atoms with van der Waals surface area (Å²) in [6.45, 7) is 1.30. The summed E-state index contributed by atoms with van der Waals surface area (Å²) in [5.41, 5.74) is 4.79. The average molecular weight is 765 g/mol. The van der Waals surface area contributed by atoms with Gasteiger partial charge in [-0.05, 0) is 73.4 Å². The molecule has 2 aliphatic rings. The molecule has 0 bridgehead atoms. The Labute approximate surface area is 318 Å². The summed E-state index contributed by atoms with van der Waals surface area (Å²) in [6, 6.07) is 16.2. The lowest BCUT2D eigenvalue weighted by atomic mass is 9.94. The summed E-state index contributed by atoms with van der Waals surface area (Å²) in [5.74, 6) is 0.507. The van der Waals surface area contributed by atoms with Crippen molar-refractivity contribution >= 4 is 23.3 Å². The topological polar surface area (TPSA) is 103 Å². The zero-order valence-corrected chi connectivity index (χ0v) is 31.6. The Morgan fingerprint density at radius 3 is 2.35 bits per heavy atom. The van der Waals surface area contributed by atoms with Crippen molar-refractivity contribution in [1.82, 2.24) is 20.2 Å². The Morgan fingerprint density at radius 1 is 0.926 bits per heavy atom. The van der Waals surface area contributed by atoms with Gasteiger partial charge in [-0.25, -0.2) is 4.98 Å². The van der Waals surface area contributed by atoms with Crippen molar-refractivity contribution < 1.29 is 37.0 Å². The number of carbonyl (C=O) groups is 2. The molecule has 9 nitrogen and oxygen atoms in total. The van der Waals surface area contributed by atoms with Gasteiger partial charge in [-0.15, -0.1) is 0 Å². The summed E-state index contributed by atoms with van der Waals surface area (Å²) in [5, 5.41) is 3.91. The molecule has 286 valence electrons. The number of nitrogens with zero attached hydrogens (tertiary/aromatic N) is 3. The van der Waals surface area contributed by atoms with E-state index >= 15 is 0 Å². The molecule has 0 saturated heterocycles. The van der Waals surface area contributed by atoms with Gasteiger partial charge in [0.1, 0.15) is 17.5 Å². The number of hydrogen-bond donors (Lipinski definition) is 1. The molecule has 4 aromatic rings. The van der Waals surface area contributed by atoms with E-state index in [1.807, 2.05) is 48.5 Å². The van der Waals surface area contributed by atoms with Crippen LogP contribution in [0.5, 0.6) is 17.6 Å². The van der Waals surface area contributed by atoms with Gasteiger partial charge in [0.25, 0.3) is 0 Å². The third kappa shape index (κ3) is 8.65. The lowest BCUT2D eigenvalue weighted by Crippen LogP contribution is -2.21. The fourth-order valence-electron chi connectivity index (χ4n) is 7.29. The number of nitrogens with one attached hydrogen (secondary N) is 1. The van der Waals surface area contributed by atoms with Crippen molar-refractivity contribution in [2.45, 2.75) is 70.2 Å². The number of fused-ring (bicyclic) bond motifs is 1. The number of halogens is 4. The van der Waals surface area contributed by atoms with Gasteiger partial charge in [0, 0.05) is 62.2 Å². The first-order chi connectivity index (χ1) is 25.9. The van der Waals surface area contributed by atoms with Gasteiger partial charge in [-0.1, -0.05) is 54.1 Å². The van der Waals surface area contributed by atoms with Crippen LogP contribution in [0.25, 0.3) is 22.4 Å². The predicted molar refractivity (Wildman–Crippen MR) is 200 cm³/mol. The normalized spacial score (nSPS) is 16.7. The van der Waals surface area contributed by atoms with E-state index in [0.29, 0.717) is 72.5 Å². The van der Waals surface area contributed by atoms with Crippen LogP contribution in [0.2, 0.25) is 5.02 Å². The van der Waals surface area contributed by atoms with Gasteiger partial charge in [-0.2, -0.15) is 18.2 Å². The molecule has 2 heterocycles. The Balaban J connectivity index is 1.23. The second-order valence-corrected chi connectivity index (χ2v) is 14.4. The highest BCUT2D eigenvalue weighted by molar-refractivity contribution is 6.36. The molecular weight excluding hydrogens is 721 g/mol. The number of benzene rings is 2. The number of rotatable bonds is 14. The molecule has 0 spiro atoms. The highest BCUT2D eigenvalue weighted by atomic mass is 35.5. The number of alkyl halides is 3. The van der Waals surface area contributed by atoms with E-state index in [1.165, 1.54) is 12.0 Å². The number of hydrogen-bond acceptors (Lipinski definition) is 8. The lowest BCUT2D eigenvalue weighted by molar-refractivity contribution is -0.139. The maximum Gasteiger partial charge on any atom is 0.421 e. The number of methoxy groups -OCH3 is 2. The molecule has 0 radical (unpaired) electrons. The van der Waals surface area contributed by atoms with Gasteiger partial charge in [0.2, 0.25) is 23.5 Å². The lowest BCUT2D eigenvalue weighted by Gasteiger charge is -2.21. The monoisotopic (exact) mass is 764 g/mol. The van der Waals surface area contributed by atoms with E-state index < -0.39 is 23.7 Å². The van der Waals surface area contributed by atoms with Gasteiger partial charge in [-0.3, -0.25) is 9.59 Å². The van der Waals surface area contributed by atoms with Crippen LogP contribution < -0.4 is 19.5 Å². The summed E-state index contributed by atoms with van der Waals surface area (Å²) in [6.07, 6.45) is -1.54. The second kappa shape index (κ2) is 16.8. The molecule has 54 heavy (non-hydrogen) atoms. The van der Waals surface area contributed by atoms with Crippen LogP contribution in [0, 0.1) is 5.92 Å². The zero-order chi connectivity index (χ0) is 38.6. The molecule has 2 atom stereocenters. The minimum absolute atomic E-state index is 0.0298. The molecule has 6 rings (SSSR count). The van der Waals surface area contributed by atoms with Crippen molar-refractivity contribution in [3.63, 3.8) is 0 Å². The number of ketones is 1. The smallest absolute Gasteiger partial charge is 0.421 e. The highest BCUT2D eigenvalue weighted by Gasteiger charge is 2.38. The third-order valence-corrected chi connectivity index (χ3v) is 10.5. The SMILES string of the molecule is COc1nc(-c2cccc(-c3cccc4c3CC[C@@H]4Oc3nc(OC)c(CCCC(=O)N(C)C)cc3C(F)(F)F)c2Cl)ccc1CNC[C@@H]1CCC(=O)C1. The van der Waals surface area contributed by atoms with Crippen LogP contribution in [-0.2, 0) is 35.2 Å². The van der Waals surface area contributed by atoms with Crippen molar-refractivity contribution in [2.75, 3.05) is 34.9 Å². The van der Waals surface area contributed by atoms with Gasteiger partial charge >= 0.3 is 6.18 Å². The van der Waals surface area contributed by atoms with E-state index in [1.54, 1.807) is 21.2 Å². The predicted octanol–water partition coefficient (Wildman–Crippen LogP) is 8.44. The van der Waals surface area contributed by atoms with Crippen LogP contribution in [0.1, 0.15) is 72.4 Å². The van der Waals surface area contributed by atoms with E-state index in [-0.39, 0.29) is 30.2 Å². The van der Waals surface area contributed by atoms with Crippen LogP contribution >= 0.6 is 11.6 Å². The minimum atomic E-state index is -4.73. The van der Waals surface area contributed by atoms with Gasteiger partial charge < -0.3 is 24.4 Å². The first kappa shape index (κ1) is 39.0. The summed E-state index contributed by atoms with van der Waals surface area (Å²) >= 11 is 7.12. The maximum atomic E-state index is 14.4. The molecule has 2 aromatic carbocycles. The summed E-state index contributed by atoms with van der Waals surface area (Å²) in [7, 11) is 6.19. The van der Waals surface area contributed by atoms with Crippen molar-refractivity contribution in [1.29, 1.82) is 0 Å². The number of carbonyl (C=O) groups excluding carboxylic acids is 2. The van der Waals surface area contributed by atoms with Crippen LogP contribution in [0.4, 0.5) is 13.2 Å². The summed E-state index contributed by atoms with van der Waals surface area (Å²) < 4.78 is 60.4. The van der Waals surface area contributed by atoms with E-state index in [4.69, 9.17) is 30.8 Å². The standard InChI is InChI=1S/C41H44ClF3N4O5/c1-49(2)36(51)13-5-8-25-21-33(41(43,44)45)40(48-38(25)52-3)54-35-19-17-29-28(9-6-10-30(29)35)31-11-7-12-32(37(31)42)34-18-15-26(39(47-34)53-4)23-46-22-24-14-16-27(50)20-24/h6-7,9-12,15,18,21,24,35,46H,5,8,13-14,16-17,19-20,22-23H2,1-4H3/t24-,35+/m1/s1. The molecule has 1 saturated carbocycles. The average Bonchev–Trinajstić information content (AvgIpc) is 3.76. The van der Waals surface area contributed by atoms with Crippen LogP contribution in [0.3, 0.4) is 0 Å². The number of amides is 1. The quantitative estimate of drug-likeness (QED) is 0.137. The maximum absolute atomic E-state index is 14.4. The van der Waals surface area contributed by atoms with Crippen molar-refractivity contribution in [3.05, 3.63) is 87.4 Å². The molecule has 1 amide bonds. The third-order valence-electron chi connectivity index (χ3n) is 10.1. The van der Waals surface area contributed by atoms with Gasteiger partial charge in [0.15, 0.2) is 0 Å². The Hall–Kier alpha value is -4.68. The molecule has 2 aromatic heterocycles. The Morgan fingerprint density at radius 2 is 1.65 bits per heavy atom. The van der Waals surface area contributed by atoms with Crippen LogP contribution in [-0.4, -0.2) is 61.4 Å². The molecule has 2 aliphatic carbocycles. The van der Waals surface area contributed by atoms with Gasteiger partial charge in [0.05, 0.1) is 24.9 Å². The second-order valence-electron chi connectivity index (χ2n) is 14.0. The van der Waals surface area contributed by atoms with E-state index in [9.17, 15) is 22.8 Å². The number of pyridine rings is 2. The number of Topliss-reactive ketones (excluding diaryl/α,β-unsaturated/α-hetero) is 1. The molecule has 0 unspecified atom stereocenters. The van der Waals surface area contributed by atoms with E-state index in [0.717, 1.165) is 46.8 Å². The molecule has 0 aliphatic heterocycles. The molecule has 1 fully saturated rings. The fraction of sp³-hybridized carbons (Fsp3) is 0.415. The number of aromatic nitrogens is 2. The zero-order valence-electron chi connectivity index (χ0n) is 30.8. The number of ether oxygens (including phenoxy) is 3. The minimum Gasteiger partial charge on any atom is -0.481 e. The Bertz CT molecular complexity index is 2020. The largest absolute Gasteiger partial charge is 0.481 e. The first-order valence-corrected chi connectivity index (χ1v) is 18.4.